The first-order valence-corrected chi connectivity index (χ1v) is 5.59. The summed E-state index contributed by atoms with van der Waals surface area (Å²) in [7, 11) is 0. The van der Waals surface area contributed by atoms with Crippen LogP contribution >= 0.6 is 11.6 Å². The van der Waals surface area contributed by atoms with Crippen LogP contribution in [0.5, 0.6) is 11.5 Å². The maximum absolute atomic E-state index is 13.7. The molecule has 3 nitrogen and oxygen atoms in total. The Morgan fingerprint density at radius 1 is 1.05 bits per heavy atom. The van der Waals surface area contributed by atoms with Crippen LogP contribution in [-0.2, 0) is 0 Å². The van der Waals surface area contributed by atoms with Gasteiger partial charge in [0.15, 0.2) is 11.6 Å². The molecule has 0 spiro atoms. The zero-order valence-corrected chi connectivity index (χ0v) is 10.3. The zero-order valence-electron chi connectivity index (χ0n) is 9.52. The number of ether oxygens (including phenoxy) is 1. The van der Waals surface area contributed by atoms with Gasteiger partial charge in [0.2, 0.25) is 0 Å². The van der Waals surface area contributed by atoms with Gasteiger partial charge in [0.25, 0.3) is 0 Å². The minimum absolute atomic E-state index is 0.0715. The van der Waals surface area contributed by atoms with E-state index in [4.69, 9.17) is 26.9 Å². The van der Waals surface area contributed by atoms with Crippen LogP contribution in [0.2, 0.25) is 5.02 Å². The lowest BCUT2D eigenvalue weighted by atomic mass is 10.2. The van der Waals surface area contributed by atoms with Gasteiger partial charge in [-0.15, -0.1) is 0 Å². The van der Waals surface area contributed by atoms with E-state index in [1.165, 1.54) is 18.2 Å². The van der Waals surface area contributed by atoms with E-state index in [1.54, 1.807) is 12.1 Å². The average Bonchev–Trinajstić information content (AvgIpc) is 2.41. The molecule has 0 unspecified atom stereocenters. The van der Waals surface area contributed by atoms with Gasteiger partial charge < -0.3 is 4.74 Å². The largest absolute Gasteiger partial charge is 0.453 e. The molecule has 0 atom stereocenters. The monoisotopic (exact) mass is 272 g/mol. The molecule has 5 heteroatoms. The van der Waals surface area contributed by atoms with Crippen molar-refractivity contribution in [3.63, 3.8) is 0 Å². The molecule has 0 saturated carbocycles. The quantitative estimate of drug-likeness (QED) is 0.830. The number of hydrogen-bond donors (Lipinski definition) is 0. The van der Waals surface area contributed by atoms with E-state index in [2.05, 4.69) is 0 Å². The fourth-order valence-corrected chi connectivity index (χ4v) is 1.68. The molecule has 2 aromatic carbocycles. The third-order valence-electron chi connectivity index (χ3n) is 2.37. The Balaban J connectivity index is 2.41. The van der Waals surface area contributed by atoms with Crippen molar-refractivity contribution < 1.29 is 9.13 Å². The summed E-state index contributed by atoms with van der Waals surface area (Å²) in [5, 5.41) is 17.9. The first kappa shape index (κ1) is 12.9. The van der Waals surface area contributed by atoms with Gasteiger partial charge in [0.1, 0.15) is 17.4 Å². The molecule has 0 aromatic heterocycles. The van der Waals surface area contributed by atoms with Gasteiger partial charge in [-0.05, 0) is 30.3 Å². The Labute approximate surface area is 114 Å². The summed E-state index contributed by atoms with van der Waals surface area (Å²) in [4.78, 5) is 0. The van der Waals surface area contributed by atoms with Crippen LogP contribution in [0.3, 0.4) is 0 Å². The summed E-state index contributed by atoms with van der Waals surface area (Å²) in [5.74, 6) is -0.584. The van der Waals surface area contributed by atoms with Gasteiger partial charge in [0.05, 0.1) is 16.7 Å². The van der Waals surface area contributed by atoms with E-state index >= 15 is 0 Å². The highest BCUT2D eigenvalue weighted by atomic mass is 35.5. The van der Waals surface area contributed by atoms with E-state index in [9.17, 15) is 4.39 Å². The predicted molar refractivity (Wildman–Crippen MR) is 67.4 cm³/mol. The van der Waals surface area contributed by atoms with Crippen molar-refractivity contribution in [2.75, 3.05) is 0 Å². The highest BCUT2D eigenvalue weighted by molar-refractivity contribution is 6.31. The lowest BCUT2D eigenvalue weighted by Crippen LogP contribution is -1.92. The Bertz CT molecular complexity index is 716. The molecule has 0 N–H and O–H groups in total. The van der Waals surface area contributed by atoms with Crippen molar-refractivity contribution in [1.29, 1.82) is 10.5 Å². The zero-order chi connectivity index (χ0) is 13.8. The molecule has 0 radical (unpaired) electrons. The first-order chi connectivity index (χ1) is 9.15. The summed E-state index contributed by atoms with van der Waals surface area (Å²) < 4.78 is 19.0. The first-order valence-electron chi connectivity index (χ1n) is 5.22. The van der Waals surface area contributed by atoms with Crippen molar-refractivity contribution >= 4 is 11.6 Å². The highest BCUT2D eigenvalue weighted by Crippen LogP contribution is 2.31. The molecular formula is C14H6ClFN2O. The van der Waals surface area contributed by atoms with E-state index < -0.39 is 5.82 Å². The molecule has 0 bridgehead atoms. The Kier molecular flexibility index (Phi) is 3.66. The van der Waals surface area contributed by atoms with Crippen molar-refractivity contribution in [1.82, 2.24) is 0 Å². The summed E-state index contributed by atoms with van der Waals surface area (Å²) in [6.45, 7) is 0. The Hall–Kier alpha value is -2.56. The van der Waals surface area contributed by atoms with Crippen LogP contribution in [0.4, 0.5) is 4.39 Å². The van der Waals surface area contributed by atoms with Gasteiger partial charge in [-0.2, -0.15) is 10.5 Å². The van der Waals surface area contributed by atoms with E-state index in [0.717, 1.165) is 6.07 Å². The van der Waals surface area contributed by atoms with Crippen molar-refractivity contribution in [2.24, 2.45) is 0 Å². The minimum Gasteiger partial charge on any atom is -0.453 e. The topological polar surface area (TPSA) is 56.8 Å². The second-order valence-corrected chi connectivity index (χ2v) is 3.99. The Morgan fingerprint density at radius 2 is 1.84 bits per heavy atom. The lowest BCUT2D eigenvalue weighted by molar-refractivity contribution is 0.441. The van der Waals surface area contributed by atoms with Gasteiger partial charge in [-0.25, -0.2) is 4.39 Å². The van der Waals surface area contributed by atoms with Gasteiger partial charge in [0, 0.05) is 0 Å². The number of rotatable bonds is 2. The summed E-state index contributed by atoms with van der Waals surface area (Å²) in [6.07, 6.45) is 0. The van der Waals surface area contributed by atoms with Gasteiger partial charge in [-0.1, -0.05) is 17.7 Å². The van der Waals surface area contributed by atoms with Crippen LogP contribution in [-0.4, -0.2) is 0 Å². The van der Waals surface area contributed by atoms with E-state index in [-0.39, 0.29) is 27.6 Å². The van der Waals surface area contributed by atoms with Crippen molar-refractivity contribution in [3.05, 3.63) is 58.4 Å². The maximum atomic E-state index is 13.7. The molecule has 92 valence electrons. The molecule has 0 fully saturated rings. The summed E-state index contributed by atoms with van der Waals surface area (Å²) in [6, 6.07) is 12.2. The fourth-order valence-electron chi connectivity index (χ4n) is 1.47. The third-order valence-corrected chi connectivity index (χ3v) is 2.68. The molecular weight excluding hydrogens is 267 g/mol. The molecule has 0 heterocycles. The smallest absolute Gasteiger partial charge is 0.167 e. The van der Waals surface area contributed by atoms with Crippen molar-refractivity contribution in [3.8, 4) is 23.6 Å². The van der Waals surface area contributed by atoms with Gasteiger partial charge in [-0.3, -0.25) is 0 Å². The SMILES string of the molecule is N#Cc1ccc(Oc2cccc(Cl)c2C#N)c(F)c1. The minimum atomic E-state index is -0.678. The van der Waals surface area contributed by atoms with Crippen LogP contribution < -0.4 is 4.74 Å². The normalized spacial score (nSPS) is 9.47. The van der Waals surface area contributed by atoms with E-state index in [1.807, 2.05) is 12.1 Å². The molecule has 0 aliphatic heterocycles. The molecule has 2 aromatic rings. The number of benzene rings is 2. The van der Waals surface area contributed by atoms with Crippen LogP contribution in [0.1, 0.15) is 11.1 Å². The summed E-state index contributed by atoms with van der Waals surface area (Å²) in [5.41, 5.74) is 0.323. The lowest BCUT2D eigenvalue weighted by Gasteiger charge is -2.09. The fraction of sp³-hybridized carbons (Fsp3) is 0. The average molecular weight is 273 g/mol. The molecule has 0 aliphatic carbocycles. The van der Waals surface area contributed by atoms with Crippen LogP contribution in [0.15, 0.2) is 36.4 Å². The predicted octanol–water partition coefficient (Wildman–Crippen LogP) is 4.01. The molecule has 0 aliphatic rings. The second-order valence-electron chi connectivity index (χ2n) is 3.58. The third kappa shape index (κ3) is 2.65. The molecule has 19 heavy (non-hydrogen) atoms. The van der Waals surface area contributed by atoms with Crippen LogP contribution in [0.25, 0.3) is 0 Å². The number of hydrogen-bond acceptors (Lipinski definition) is 3. The second kappa shape index (κ2) is 5.39. The van der Waals surface area contributed by atoms with Crippen molar-refractivity contribution in [2.45, 2.75) is 0 Å². The maximum Gasteiger partial charge on any atom is 0.167 e. The molecule has 0 saturated heterocycles. The number of nitrogens with zero attached hydrogens (tertiary/aromatic N) is 2. The standard InChI is InChI=1S/C14H6ClFN2O/c15-11-2-1-3-13(10(11)8-18)19-14-5-4-9(7-17)6-12(14)16/h1-6H. The summed E-state index contributed by atoms with van der Waals surface area (Å²) >= 11 is 5.84. The van der Waals surface area contributed by atoms with Gasteiger partial charge >= 0.3 is 0 Å². The number of halogens is 2. The molecule has 2 rings (SSSR count). The molecule has 0 amide bonds. The number of nitriles is 2. The van der Waals surface area contributed by atoms with E-state index in [0.29, 0.717) is 0 Å². The van der Waals surface area contributed by atoms with Crippen LogP contribution in [0, 0.1) is 28.5 Å². The Morgan fingerprint density at radius 3 is 2.47 bits per heavy atom. The highest BCUT2D eigenvalue weighted by Gasteiger charge is 2.11.